The molecule has 0 aliphatic carbocycles. The van der Waals surface area contributed by atoms with E-state index in [1.807, 2.05) is 44.4 Å². The summed E-state index contributed by atoms with van der Waals surface area (Å²) in [6.45, 7) is 6.12. The second-order valence-electron chi connectivity index (χ2n) is 8.39. The summed E-state index contributed by atoms with van der Waals surface area (Å²) in [6, 6.07) is 13.6. The summed E-state index contributed by atoms with van der Waals surface area (Å²) < 4.78 is 28.1. The normalized spacial score (nSPS) is 17.2. The van der Waals surface area contributed by atoms with Crippen molar-refractivity contribution in [3.05, 3.63) is 59.7 Å². The minimum absolute atomic E-state index is 0.0237. The van der Waals surface area contributed by atoms with Gasteiger partial charge in [0.25, 0.3) is 0 Å². The van der Waals surface area contributed by atoms with Crippen LogP contribution in [0.4, 0.5) is 0 Å². The van der Waals surface area contributed by atoms with Crippen LogP contribution >= 0.6 is 11.8 Å². The van der Waals surface area contributed by atoms with Crippen LogP contribution in [0.2, 0.25) is 0 Å². The Morgan fingerprint density at radius 2 is 1.70 bits per heavy atom. The summed E-state index contributed by atoms with van der Waals surface area (Å²) >= 11 is 1.63. The number of nitrogens with one attached hydrogen (secondary N) is 1. The average molecular weight is 490 g/mol. The second-order valence-corrected chi connectivity index (χ2v) is 11.2. The van der Waals surface area contributed by atoms with Gasteiger partial charge in [0, 0.05) is 38.0 Å². The van der Waals surface area contributed by atoms with Gasteiger partial charge in [-0.2, -0.15) is 4.31 Å². The Hall–Kier alpha value is -2.36. The van der Waals surface area contributed by atoms with E-state index in [1.165, 1.54) is 16.1 Å². The number of hydrogen-bond donors (Lipinski definition) is 1. The van der Waals surface area contributed by atoms with E-state index in [2.05, 4.69) is 5.32 Å². The van der Waals surface area contributed by atoms with Crippen LogP contribution in [-0.4, -0.2) is 61.4 Å². The first-order chi connectivity index (χ1) is 15.6. The molecule has 1 N–H and O–H groups in total. The molecule has 1 aliphatic heterocycles. The molecule has 0 radical (unpaired) electrons. The van der Waals surface area contributed by atoms with Crippen molar-refractivity contribution < 1.29 is 18.0 Å². The van der Waals surface area contributed by atoms with Crippen molar-refractivity contribution in [2.45, 2.75) is 49.1 Å². The van der Waals surface area contributed by atoms with Gasteiger partial charge in [0.2, 0.25) is 21.8 Å². The summed E-state index contributed by atoms with van der Waals surface area (Å²) in [5, 5.41) is 2.85. The molecule has 178 valence electrons. The van der Waals surface area contributed by atoms with Gasteiger partial charge in [-0.15, -0.1) is 11.8 Å². The topological polar surface area (TPSA) is 86.8 Å². The highest BCUT2D eigenvalue weighted by Gasteiger charge is 2.40. The van der Waals surface area contributed by atoms with Gasteiger partial charge < -0.3 is 10.2 Å². The molecule has 0 bridgehead atoms. The third-order valence-electron chi connectivity index (χ3n) is 5.86. The van der Waals surface area contributed by atoms with E-state index in [9.17, 15) is 18.0 Å². The van der Waals surface area contributed by atoms with E-state index >= 15 is 0 Å². The number of amides is 2. The molecule has 3 rings (SSSR count). The van der Waals surface area contributed by atoms with E-state index in [0.29, 0.717) is 0 Å². The first-order valence-corrected chi connectivity index (χ1v) is 13.6. The standard InChI is InChI=1S/C24H31N3O4S2/c1-17(2)20-7-11-22(12-8-20)33(30,31)27-14-13-26(18(3)28)16-23(27)24(29)25-15-19-5-9-21(32-4)10-6-19/h5-12,17,23H,13-16H2,1-4H3,(H,25,29)/t23-/m1/s1. The number of carbonyl (C=O) groups is 2. The van der Waals surface area contributed by atoms with Crippen LogP contribution in [0.15, 0.2) is 58.3 Å². The lowest BCUT2D eigenvalue weighted by Crippen LogP contribution is -2.61. The van der Waals surface area contributed by atoms with Crippen LogP contribution in [0.5, 0.6) is 0 Å². The van der Waals surface area contributed by atoms with Crippen molar-refractivity contribution in [1.82, 2.24) is 14.5 Å². The van der Waals surface area contributed by atoms with Gasteiger partial charge in [0.15, 0.2) is 0 Å². The molecular formula is C24H31N3O4S2. The van der Waals surface area contributed by atoms with E-state index in [-0.39, 0.29) is 42.9 Å². The van der Waals surface area contributed by atoms with Gasteiger partial charge in [0.1, 0.15) is 6.04 Å². The highest BCUT2D eigenvalue weighted by atomic mass is 32.2. The Morgan fingerprint density at radius 3 is 2.24 bits per heavy atom. The van der Waals surface area contributed by atoms with E-state index in [4.69, 9.17) is 0 Å². The first-order valence-electron chi connectivity index (χ1n) is 10.9. The Kier molecular flexibility index (Phi) is 8.20. The summed E-state index contributed by atoms with van der Waals surface area (Å²) in [7, 11) is -3.91. The number of nitrogens with zero attached hydrogens (tertiary/aromatic N) is 2. The minimum Gasteiger partial charge on any atom is -0.351 e. The Bertz CT molecular complexity index is 1080. The monoisotopic (exact) mass is 489 g/mol. The number of benzene rings is 2. The highest BCUT2D eigenvalue weighted by Crippen LogP contribution is 2.24. The van der Waals surface area contributed by atoms with E-state index in [0.717, 1.165) is 16.0 Å². The molecule has 1 atom stereocenters. The van der Waals surface area contributed by atoms with Gasteiger partial charge in [-0.1, -0.05) is 38.1 Å². The molecule has 0 spiro atoms. The van der Waals surface area contributed by atoms with Crippen LogP contribution in [0, 0.1) is 0 Å². The Morgan fingerprint density at radius 1 is 1.06 bits per heavy atom. The quantitative estimate of drug-likeness (QED) is 0.604. The van der Waals surface area contributed by atoms with Gasteiger partial charge in [-0.05, 0) is 47.6 Å². The molecule has 1 fully saturated rings. The van der Waals surface area contributed by atoms with Crippen LogP contribution < -0.4 is 5.32 Å². The first kappa shape index (κ1) is 25.3. The molecule has 2 amide bonds. The van der Waals surface area contributed by atoms with Crippen LogP contribution in [-0.2, 0) is 26.2 Å². The molecule has 0 unspecified atom stereocenters. The van der Waals surface area contributed by atoms with Crippen molar-refractivity contribution in [2.24, 2.45) is 0 Å². The number of sulfonamides is 1. The molecule has 1 saturated heterocycles. The molecule has 0 saturated carbocycles. The van der Waals surface area contributed by atoms with Gasteiger partial charge in [-0.3, -0.25) is 9.59 Å². The molecule has 33 heavy (non-hydrogen) atoms. The fourth-order valence-corrected chi connectivity index (χ4v) is 5.74. The van der Waals surface area contributed by atoms with Crippen molar-refractivity contribution >= 4 is 33.6 Å². The molecule has 2 aromatic rings. The molecule has 9 heteroatoms. The number of rotatable bonds is 7. The molecular weight excluding hydrogens is 458 g/mol. The van der Waals surface area contributed by atoms with Crippen LogP contribution in [0.25, 0.3) is 0 Å². The number of piperazine rings is 1. The smallest absolute Gasteiger partial charge is 0.243 e. The Balaban J connectivity index is 1.82. The maximum absolute atomic E-state index is 13.4. The maximum Gasteiger partial charge on any atom is 0.243 e. The zero-order chi connectivity index (χ0) is 24.2. The molecule has 2 aromatic carbocycles. The third-order valence-corrected chi connectivity index (χ3v) is 8.52. The molecule has 0 aromatic heterocycles. The number of thioether (sulfide) groups is 1. The van der Waals surface area contributed by atoms with E-state index < -0.39 is 22.0 Å². The van der Waals surface area contributed by atoms with Crippen LogP contribution in [0.1, 0.15) is 37.8 Å². The van der Waals surface area contributed by atoms with Gasteiger partial charge >= 0.3 is 0 Å². The van der Waals surface area contributed by atoms with E-state index in [1.54, 1.807) is 36.0 Å². The minimum atomic E-state index is -3.91. The zero-order valence-electron chi connectivity index (χ0n) is 19.4. The lowest BCUT2D eigenvalue weighted by Gasteiger charge is -2.39. The SMILES string of the molecule is CSc1ccc(CNC(=O)[C@H]2CN(C(C)=O)CCN2S(=O)(=O)c2ccc(C(C)C)cc2)cc1. The van der Waals surface area contributed by atoms with Crippen molar-refractivity contribution in [3.63, 3.8) is 0 Å². The third kappa shape index (κ3) is 5.96. The predicted octanol–water partition coefficient (Wildman–Crippen LogP) is 3.07. The van der Waals surface area contributed by atoms with Crippen molar-refractivity contribution in [1.29, 1.82) is 0 Å². The Labute approximate surface area is 200 Å². The highest BCUT2D eigenvalue weighted by molar-refractivity contribution is 7.98. The second kappa shape index (κ2) is 10.7. The number of hydrogen-bond acceptors (Lipinski definition) is 5. The molecule has 1 aliphatic rings. The predicted molar refractivity (Wildman–Crippen MR) is 131 cm³/mol. The van der Waals surface area contributed by atoms with Gasteiger partial charge in [0.05, 0.1) is 4.90 Å². The summed E-state index contributed by atoms with van der Waals surface area (Å²) in [5.41, 5.74) is 1.95. The summed E-state index contributed by atoms with van der Waals surface area (Å²) in [4.78, 5) is 27.9. The van der Waals surface area contributed by atoms with Gasteiger partial charge in [-0.25, -0.2) is 8.42 Å². The molecule has 1 heterocycles. The number of carbonyl (C=O) groups excluding carboxylic acids is 2. The largest absolute Gasteiger partial charge is 0.351 e. The zero-order valence-corrected chi connectivity index (χ0v) is 21.1. The maximum atomic E-state index is 13.4. The average Bonchev–Trinajstić information content (AvgIpc) is 2.82. The fraction of sp³-hybridized carbons (Fsp3) is 0.417. The summed E-state index contributed by atoms with van der Waals surface area (Å²) in [6.07, 6.45) is 1.99. The summed E-state index contributed by atoms with van der Waals surface area (Å²) in [5.74, 6) is -0.319. The van der Waals surface area contributed by atoms with Crippen LogP contribution in [0.3, 0.4) is 0 Å². The lowest BCUT2D eigenvalue weighted by molar-refractivity contribution is -0.134. The lowest BCUT2D eigenvalue weighted by atomic mass is 10.0. The fourth-order valence-electron chi connectivity index (χ4n) is 3.76. The van der Waals surface area contributed by atoms with Crippen molar-refractivity contribution in [2.75, 3.05) is 25.9 Å². The van der Waals surface area contributed by atoms with Crippen molar-refractivity contribution in [3.8, 4) is 0 Å². The molecule has 7 nitrogen and oxygen atoms in total.